The maximum Gasteiger partial charge on any atom is 0.305 e. The molecule has 0 aliphatic carbocycles. The van der Waals surface area contributed by atoms with Crippen LogP contribution in [0.1, 0.15) is 18.0 Å². The molecule has 0 amide bonds. The minimum atomic E-state index is -3.95. The molecule has 1 aromatic carbocycles. The Morgan fingerprint density at radius 3 is 2.67 bits per heavy atom. The molecular formula is C13H12ClNO5S. The van der Waals surface area contributed by atoms with E-state index in [1.807, 2.05) is 0 Å². The van der Waals surface area contributed by atoms with Gasteiger partial charge in [0.2, 0.25) is 5.09 Å². The van der Waals surface area contributed by atoms with Crippen molar-refractivity contribution in [3.8, 4) is 0 Å². The number of carboxylic acids is 1. The Bertz CT molecular complexity index is 727. The van der Waals surface area contributed by atoms with Gasteiger partial charge in [0.25, 0.3) is 10.0 Å². The summed E-state index contributed by atoms with van der Waals surface area (Å²) in [6.07, 6.45) is 0.806. The fourth-order valence-corrected chi connectivity index (χ4v) is 3.14. The Morgan fingerprint density at radius 2 is 2.10 bits per heavy atom. The highest BCUT2D eigenvalue weighted by Gasteiger charge is 2.25. The molecule has 112 valence electrons. The average Bonchev–Trinajstić information content (AvgIpc) is 2.91. The molecule has 0 saturated carbocycles. The smallest absolute Gasteiger partial charge is 0.305 e. The highest BCUT2D eigenvalue weighted by molar-refractivity contribution is 7.89. The summed E-state index contributed by atoms with van der Waals surface area (Å²) in [5.41, 5.74) is 0.458. The maximum atomic E-state index is 12.1. The molecule has 1 heterocycles. The lowest BCUT2D eigenvalue weighted by Gasteiger charge is -2.16. The van der Waals surface area contributed by atoms with E-state index in [1.54, 1.807) is 18.2 Å². The van der Waals surface area contributed by atoms with Crippen LogP contribution in [0.15, 0.2) is 52.2 Å². The number of carbonyl (C=O) groups is 1. The van der Waals surface area contributed by atoms with Crippen molar-refractivity contribution in [2.24, 2.45) is 0 Å². The molecule has 0 aliphatic rings. The molecule has 1 aromatic heterocycles. The zero-order valence-corrected chi connectivity index (χ0v) is 12.3. The van der Waals surface area contributed by atoms with E-state index >= 15 is 0 Å². The topological polar surface area (TPSA) is 96.6 Å². The zero-order chi connectivity index (χ0) is 15.5. The summed E-state index contributed by atoms with van der Waals surface area (Å²) in [6.45, 7) is 0. The average molecular weight is 330 g/mol. The molecule has 2 rings (SSSR count). The summed E-state index contributed by atoms with van der Waals surface area (Å²) in [5, 5.41) is 9.06. The summed E-state index contributed by atoms with van der Waals surface area (Å²) in [6, 6.07) is 8.11. The summed E-state index contributed by atoms with van der Waals surface area (Å²) in [4.78, 5) is 10.9. The van der Waals surface area contributed by atoms with Gasteiger partial charge in [-0.25, -0.2) is 13.1 Å². The monoisotopic (exact) mass is 329 g/mol. The molecule has 0 aliphatic heterocycles. The quantitative estimate of drug-likeness (QED) is 0.848. The predicted octanol–water partition coefficient (Wildman–Crippen LogP) is 2.43. The van der Waals surface area contributed by atoms with Gasteiger partial charge >= 0.3 is 5.97 Å². The Labute approximate surface area is 126 Å². The third-order valence-corrected chi connectivity index (χ3v) is 4.28. The van der Waals surface area contributed by atoms with Gasteiger partial charge in [0.1, 0.15) is 0 Å². The Kier molecular flexibility index (Phi) is 4.66. The number of hydrogen-bond acceptors (Lipinski definition) is 4. The van der Waals surface area contributed by atoms with Crippen molar-refractivity contribution < 1.29 is 22.7 Å². The third kappa shape index (κ3) is 4.07. The van der Waals surface area contributed by atoms with Crippen LogP contribution in [0.5, 0.6) is 0 Å². The van der Waals surface area contributed by atoms with Crippen LogP contribution >= 0.6 is 11.6 Å². The standard InChI is InChI=1S/C13H12ClNO5S/c14-10-4-1-3-9(7-10)11(8-12(16)17)15-21(18,19)13-5-2-6-20-13/h1-7,11,15H,8H2,(H,16,17)/t11-/m1/s1. The van der Waals surface area contributed by atoms with Crippen LogP contribution in [-0.2, 0) is 14.8 Å². The molecule has 6 nitrogen and oxygen atoms in total. The van der Waals surface area contributed by atoms with E-state index in [2.05, 4.69) is 4.72 Å². The summed E-state index contributed by atoms with van der Waals surface area (Å²) in [7, 11) is -3.95. The highest BCUT2D eigenvalue weighted by Crippen LogP contribution is 2.23. The van der Waals surface area contributed by atoms with E-state index in [0.717, 1.165) is 0 Å². The number of benzene rings is 1. The normalized spacial score (nSPS) is 13.0. The van der Waals surface area contributed by atoms with Gasteiger partial charge in [-0.3, -0.25) is 4.79 Å². The zero-order valence-electron chi connectivity index (χ0n) is 10.7. The van der Waals surface area contributed by atoms with Gasteiger partial charge in [-0.05, 0) is 29.8 Å². The van der Waals surface area contributed by atoms with Crippen molar-refractivity contribution in [3.05, 3.63) is 53.2 Å². The minimum Gasteiger partial charge on any atom is -0.481 e. The number of rotatable bonds is 6. The van der Waals surface area contributed by atoms with Gasteiger partial charge in [-0.2, -0.15) is 0 Å². The molecule has 2 aromatic rings. The first kappa shape index (κ1) is 15.6. The second-order valence-corrected chi connectivity index (χ2v) is 6.34. The number of aliphatic carboxylic acids is 1. The maximum absolute atomic E-state index is 12.1. The Balaban J connectivity index is 2.31. The van der Waals surface area contributed by atoms with Crippen LogP contribution in [0.4, 0.5) is 0 Å². The van der Waals surface area contributed by atoms with E-state index in [9.17, 15) is 13.2 Å². The van der Waals surface area contributed by atoms with Crippen LogP contribution in [0, 0.1) is 0 Å². The third-order valence-electron chi connectivity index (χ3n) is 2.69. The number of halogens is 1. The Morgan fingerprint density at radius 1 is 1.33 bits per heavy atom. The van der Waals surface area contributed by atoms with Crippen molar-refractivity contribution in [2.75, 3.05) is 0 Å². The van der Waals surface area contributed by atoms with Gasteiger partial charge in [0, 0.05) is 5.02 Å². The first-order valence-electron chi connectivity index (χ1n) is 5.91. The predicted molar refractivity (Wildman–Crippen MR) is 75.5 cm³/mol. The van der Waals surface area contributed by atoms with Crippen molar-refractivity contribution in [3.63, 3.8) is 0 Å². The molecule has 1 atom stereocenters. The SMILES string of the molecule is O=C(O)C[C@@H](NS(=O)(=O)c1ccco1)c1cccc(Cl)c1. The van der Waals surface area contributed by atoms with Gasteiger partial charge in [0.05, 0.1) is 18.7 Å². The molecule has 0 unspecified atom stereocenters. The molecule has 0 fully saturated rings. The van der Waals surface area contributed by atoms with Crippen molar-refractivity contribution >= 4 is 27.6 Å². The van der Waals surface area contributed by atoms with Gasteiger partial charge in [0.15, 0.2) is 0 Å². The van der Waals surface area contributed by atoms with Crippen molar-refractivity contribution in [1.82, 2.24) is 4.72 Å². The number of sulfonamides is 1. The molecular weight excluding hydrogens is 318 g/mol. The largest absolute Gasteiger partial charge is 0.481 e. The summed E-state index contributed by atoms with van der Waals surface area (Å²) >= 11 is 5.85. The lowest BCUT2D eigenvalue weighted by molar-refractivity contribution is -0.137. The molecule has 0 spiro atoms. The summed E-state index contributed by atoms with van der Waals surface area (Å²) < 4.78 is 31.4. The number of nitrogens with one attached hydrogen (secondary N) is 1. The molecule has 8 heteroatoms. The van der Waals surface area contributed by atoms with E-state index < -0.39 is 28.5 Å². The minimum absolute atomic E-state index is 0.278. The number of hydrogen-bond donors (Lipinski definition) is 2. The van der Waals surface area contributed by atoms with E-state index in [0.29, 0.717) is 10.6 Å². The van der Waals surface area contributed by atoms with Gasteiger partial charge < -0.3 is 9.52 Å². The first-order chi connectivity index (χ1) is 9.88. The fraction of sp³-hybridized carbons (Fsp3) is 0.154. The molecule has 2 N–H and O–H groups in total. The van der Waals surface area contributed by atoms with Gasteiger partial charge in [-0.1, -0.05) is 23.7 Å². The van der Waals surface area contributed by atoms with Crippen LogP contribution in [0.3, 0.4) is 0 Å². The second-order valence-electron chi connectivity index (χ2n) is 4.26. The van der Waals surface area contributed by atoms with Crippen LogP contribution < -0.4 is 4.72 Å². The number of carboxylic acid groups (broad SMARTS) is 1. The van der Waals surface area contributed by atoms with E-state index in [-0.39, 0.29) is 5.09 Å². The van der Waals surface area contributed by atoms with E-state index in [4.69, 9.17) is 21.1 Å². The van der Waals surface area contributed by atoms with Crippen LogP contribution in [-0.4, -0.2) is 19.5 Å². The molecule has 0 saturated heterocycles. The first-order valence-corrected chi connectivity index (χ1v) is 7.78. The van der Waals surface area contributed by atoms with E-state index in [1.165, 1.54) is 24.5 Å². The van der Waals surface area contributed by atoms with Crippen LogP contribution in [0.2, 0.25) is 5.02 Å². The fourth-order valence-electron chi connectivity index (χ4n) is 1.79. The second kappa shape index (κ2) is 6.30. The van der Waals surface area contributed by atoms with Gasteiger partial charge in [-0.15, -0.1) is 0 Å². The highest BCUT2D eigenvalue weighted by atomic mass is 35.5. The molecule has 21 heavy (non-hydrogen) atoms. The number of furan rings is 1. The molecule has 0 radical (unpaired) electrons. The Hall–Kier alpha value is -1.83. The van der Waals surface area contributed by atoms with Crippen molar-refractivity contribution in [1.29, 1.82) is 0 Å². The molecule has 0 bridgehead atoms. The van der Waals surface area contributed by atoms with Crippen molar-refractivity contribution in [2.45, 2.75) is 17.6 Å². The summed E-state index contributed by atoms with van der Waals surface area (Å²) in [5.74, 6) is -1.14. The van der Waals surface area contributed by atoms with Crippen LogP contribution in [0.25, 0.3) is 0 Å². The lowest BCUT2D eigenvalue weighted by Crippen LogP contribution is -2.30. The lowest BCUT2D eigenvalue weighted by atomic mass is 10.1.